The molecule has 5 heteroatoms. The van der Waals surface area contributed by atoms with E-state index in [-0.39, 0.29) is 23.7 Å². The molecule has 1 aromatic heterocycles. The van der Waals surface area contributed by atoms with Crippen molar-refractivity contribution in [1.29, 1.82) is 0 Å². The summed E-state index contributed by atoms with van der Waals surface area (Å²) in [6.07, 6.45) is 2.01. The lowest BCUT2D eigenvalue weighted by Crippen LogP contribution is -2.22. The summed E-state index contributed by atoms with van der Waals surface area (Å²) in [5, 5.41) is 7.82. The van der Waals surface area contributed by atoms with Crippen LogP contribution in [0.15, 0.2) is 24.4 Å². The number of nitrogens with one attached hydrogen (secondary N) is 1. The summed E-state index contributed by atoms with van der Waals surface area (Å²) in [7, 11) is 3.37. The minimum atomic E-state index is -0.339. The van der Waals surface area contributed by atoms with Crippen LogP contribution >= 0.6 is 0 Å². The summed E-state index contributed by atoms with van der Waals surface area (Å²) in [5.41, 5.74) is 3.05. The van der Waals surface area contributed by atoms with Crippen molar-refractivity contribution in [3.63, 3.8) is 0 Å². The summed E-state index contributed by atoms with van der Waals surface area (Å²) in [5.74, 6) is -0.0732. The van der Waals surface area contributed by atoms with Crippen LogP contribution in [0.5, 0.6) is 5.75 Å². The first-order chi connectivity index (χ1) is 9.92. The number of benzene rings is 1. The van der Waals surface area contributed by atoms with Gasteiger partial charge in [-0.25, -0.2) is 4.39 Å². The van der Waals surface area contributed by atoms with Crippen LogP contribution in [-0.4, -0.2) is 16.9 Å². The third-order valence-electron chi connectivity index (χ3n) is 3.69. The summed E-state index contributed by atoms with van der Waals surface area (Å²) in [6.45, 7) is 6.09. The van der Waals surface area contributed by atoms with Crippen molar-refractivity contribution < 1.29 is 9.13 Å². The molecule has 2 aromatic rings. The summed E-state index contributed by atoms with van der Waals surface area (Å²) in [4.78, 5) is 0. The zero-order valence-electron chi connectivity index (χ0n) is 13.1. The molecule has 0 aliphatic rings. The highest BCUT2D eigenvalue weighted by Gasteiger charge is 2.16. The monoisotopic (exact) mass is 291 g/mol. The predicted octanol–water partition coefficient (Wildman–Crippen LogP) is 3.29. The first kappa shape index (κ1) is 15.5. The van der Waals surface area contributed by atoms with Crippen LogP contribution in [0, 0.1) is 12.7 Å². The van der Waals surface area contributed by atoms with E-state index in [0.29, 0.717) is 0 Å². The highest BCUT2D eigenvalue weighted by Crippen LogP contribution is 2.24. The molecule has 0 fully saturated rings. The van der Waals surface area contributed by atoms with Gasteiger partial charge in [-0.2, -0.15) is 5.10 Å². The van der Waals surface area contributed by atoms with Gasteiger partial charge in [-0.05, 0) is 38.5 Å². The molecule has 4 nitrogen and oxygen atoms in total. The number of aryl methyl sites for hydroxylation is 2. The fraction of sp³-hybridized carbons (Fsp3) is 0.438. The number of hydrogen-bond donors (Lipinski definition) is 1. The second kappa shape index (κ2) is 6.26. The first-order valence-electron chi connectivity index (χ1n) is 7.02. The normalized spacial score (nSPS) is 14.0. The number of ether oxygens (including phenoxy) is 1. The highest BCUT2D eigenvalue weighted by atomic mass is 19.1. The Kier molecular flexibility index (Phi) is 4.63. The topological polar surface area (TPSA) is 39.1 Å². The standard InChI is InChI=1S/C16H22FN3O/c1-10(13-6-7-16(21-5)15(17)8-13)18-11(2)14-9-20(4)19-12(14)3/h6-11,18H,1-5H3. The van der Waals surface area contributed by atoms with Gasteiger partial charge < -0.3 is 10.1 Å². The van der Waals surface area contributed by atoms with E-state index in [0.717, 1.165) is 16.8 Å². The molecule has 114 valence electrons. The number of nitrogens with zero attached hydrogens (tertiary/aromatic N) is 2. The lowest BCUT2D eigenvalue weighted by Gasteiger charge is -2.20. The minimum Gasteiger partial charge on any atom is -0.494 e. The number of hydrogen-bond acceptors (Lipinski definition) is 3. The van der Waals surface area contributed by atoms with E-state index in [1.54, 1.807) is 10.7 Å². The third-order valence-corrected chi connectivity index (χ3v) is 3.69. The SMILES string of the molecule is COc1ccc(C(C)NC(C)c2cn(C)nc2C)cc1F. The van der Waals surface area contributed by atoms with Crippen LogP contribution in [-0.2, 0) is 7.05 Å². The van der Waals surface area contributed by atoms with Gasteiger partial charge in [0.1, 0.15) is 0 Å². The summed E-state index contributed by atoms with van der Waals surface area (Å²) in [6, 6.07) is 5.21. The van der Waals surface area contributed by atoms with Gasteiger partial charge in [-0.15, -0.1) is 0 Å². The van der Waals surface area contributed by atoms with Gasteiger partial charge in [-0.1, -0.05) is 6.07 Å². The molecule has 2 unspecified atom stereocenters. The van der Waals surface area contributed by atoms with E-state index < -0.39 is 0 Å². The minimum absolute atomic E-state index is 0.0278. The second-order valence-electron chi connectivity index (χ2n) is 5.35. The maximum Gasteiger partial charge on any atom is 0.165 e. The van der Waals surface area contributed by atoms with Crippen molar-refractivity contribution in [3.8, 4) is 5.75 Å². The van der Waals surface area contributed by atoms with E-state index in [9.17, 15) is 4.39 Å². The van der Waals surface area contributed by atoms with Gasteiger partial charge in [0.15, 0.2) is 11.6 Å². The molecular weight excluding hydrogens is 269 g/mol. The van der Waals surface area contributed by atoms with E-state index in [1.807, 2.05) is 33.2 Å². The number of aromatic nitrogens is 2. The Morgan fingerprint density at radius 2 is 2.00 bits per heavy atom. The van der Waals surface area contributed by atoms with Crippen molar-refractivity contribution in [2.45, 2.75) is 32.9 Å². The molecule has 2 atom stereocenters. The fourth-order valence-electron chi connectivity index (χ4n) is 2.56. The van der Waals surface area contributed by atoms with Crippen LogP contribution in [0.3, 0.4) is 0 Å². The molecule has 0 radical (unpaired) electrons. The Bertz CT molecular complexity index is 624. The van der Waals surface area contributed by atoms with Crippen molar-refractivity contribution in [2.75, 3.05) is 7.11 Å². The van der Waals surface area contributed by atoms with Crippen LogP contribution in [0.25, 0.3) is 0 Å². The molecule has 0 saturated carbocycles. The third kappa shape index (κ3) is 3.42. The van der Waals surface area contributed by atoms with E-state index in [1.165, 1.54) is 13.2 Å². The zero-order valence-corrected chi connectivity index (χ0v) is 13.1. The molecule has 0 amide bonds. The molecule has 1 heterocycles. The first-order valence-corrected chi connectivity index (χ1v) is 7.02. The number of halogens is 1. The van der Waals surface area contributed by atoms with Crippen LogP contribution in [0.4, 0.5) is 4.39 Å². The quantitative estimate of drug-likeness (QED) is 0.919. The van der Waals surface area contributed by atoms with Gasteiger partial charge in [0.2, 0.25) is 0 Å². The van der Waals surface area contributed by atoms with Gasteiger partial charge in [-0.3, -0.25) is 4.68 Å². The molecular formula is C16H22FN3O. The molecule has 1 N–H and O–H groups in total. The van der Waals surface area contributed by atoms with Crippen molar-refractivity contribution >= 4 is 0 Å². The molecule has 1 aromatic carbocycles. The molecule has 0 saturated heterocycles. The van der Waals surface area contributed by atoms with Gasteiger partial charge in [0, 0.05) is 30.9 Å². The van der Waals surface area contributed by atoms with Crippen LogP contribution in [0.1, 0.15) is 42.8 Å². The van der Waals surface area contributed by atoms with Gasteiger partial charge >= 0.3 is 0 Å². The largest absolute Gasteiger partial charge is 0.494 e. The van der Waals surface area contributed by atoms with Crippen molar-refractivity contribution in [1.82, 2.24) is 15.1 Å². The zero-order chi connectivity index (χ0) is 15.6. The van der Waals surface area contributed by atoms with Gasteiger partial charge in [0.25, 0.3) is 0 Å². The van der Waals surface area contributed by atoms with Crippen LogP contribution in [0.2, 0.25) is 0 Å². The van der Waals surface area contributed by atoms with Crippen molar-refractivity contribution in [3.05, 3.63) is 47.0 Å². The Morgan fingerprint density at radius 3 is 2.52 bits per heavy atom. The molecule has 0 bridgehead atoms. The van der Waals surface area contributed by atoms with E-state index >= 15 is 0 Å². The number of methoxy groups -OCH3 is 1. The maximum absolute atomic E-state index is 13.8. The van der Waals surface area contributed by atoms with E-state index in [4.69, 9.17) is 4.74 Å². The average molecular weight is 291 g/mol. The molecule has 0 aliphatic carbocycles. The number of rotatable bonds is 5. The Hall–Kier alpha value is -1.88. The second-order valence-corrected chi connectivity index (χ2v) is 5.35. The lowest BCUT2D eigenvalue weighted by atomic mass is 10.0. The summed E-state index contributed by atoms with van der Waals surface area (Å²) < 4.78 is 20.5. The van der Waals surface area contributed by atoms with Crippen LogP contribution < -0.4 is 10.1 Å². The predicted molar refractivity (Wildman–Crippen MR) is 80.9 cm³/mol. The molecule has 2 rings (SSSR count). The Labute approximate surface area is 124 Å². The molecule has 21 heavy (non-hydrogen) atoms. The van der Waals surface area contributed by atoms with E-state index in [2.05, 4.69) is 17.3 Å². The Morgan fingerprint density at radius 1 is 1.29 bits per heavy atom. The molecule has 0 aliphatic heterocycles. The molecule has 0 spiro atoms. The maximum atomic E-state index is 13.8. The highest BCUT2D eigenvalue weighted by molar-refractivity contribution is 5.31. The Balaban J connectivity index is 2.12. The smallest absolute Gasteiger partial charge is 0.165 e. The average Bonchev–Trinajstić information content (AvgIpc) is 2.77. The fourth-order valence-corrected chi connectivity index (χ4v) is 2.56. The summed E-state index contributed by atoms with van der Waals surface area (Å²) >= 11 is 0. The van der Waals surface area contributed by atoms with Gasteiger partial charge in [0.05, 0.1) is 12.8 Å². The lowest BCUT2D eigenvalue weighted by molar-refractivity contribution is 0.385. The van der Waals surface area contributed by atoms with Crippen molar-refractivity contribution in [2.24, 2.45) is 7.05 Å².